The van der Waals surface area contributed by atoms with E-state index in [1.807, 2.05) is 20.1 Å². The van der Waals surface area contributed by atoms with Crippen LogP contribution in [0.25, 0.3) is 5.78 Å². The highest BCUT2D eigenvalue weighted by molar-refractivity contribution is 7.98. The molecule has 1 aliphatic rings. The Morgan fingerprint density at radius 1 is 1.27 bits per heavy atom. The quantitative estimate of drug-likeness (QED) is 0.812. The molecule has 0 bridgehead atoms. The average Bonchev–Trinajstić information content (AvgIpc) is 3.02. The number of fused-ring (bicyclic) bond motifs is 1. The number of aryl methyl sites for hydroxylation is 2. The minimum atomic E-state index is 0.137. The molecule has 0 saturated heterocycles. The van der Waals surface area contributed by atoms with Crippen LogP contribution in [0.1, 0.15) is 56.5 Å². The smallest absolute Gasteiger partial charge is 0.253 e. The van der Waals surface area contributed by atoms with Crippen LogP contribution in [0, 0.1) is 25.7 Å². The normalized spacial score (nSPS) is 23.3. The fourth-order valence-electron chi connectivity index (χ4n) is 3.94. The van der Waals surface area contributed by atoms with E-state index >= 15 is 0 Å². The summed E-state index contributed by atoms with van der Waals surface area (Å²) in [6.07, 6.45) is 6.69. The van der Waals surface area contributed by atoms with Crippen molar-refractivity contribution >= 4 is 23.4 Å². The third-order valence-corrected chi connectivity index (χ3v) is 6.41. The van der Waals surface area contributed by atoms with Crippen molar-refractivity contribution in [3.8, 4) is 0 Å². The van der Waals surface area contributed by atoms with Gasteiger partial charge in [0.05, 0.1) is 0 Å². The van der Waals surface area contributed by atoms with Crippen LogP contribution in [0.5, 0.6) is 0 Å². The standard InChI is InChI=1S/C19H29N5OS/c1-11-7-6-8-16(12(11)2)21-17(25)10-9-15-13(3)20-18-22-19(26-5)23-24(18)14(15)4/h11-12,16H,6-10H2,1-5H3,(H,21,25). The Morgan fingerprint density at radius 3 is 2.77 bits per heavy atom. The summed E-state index contributed by atoms with van der Waals surface area (Å²) in [5.41, 5.74) is 3.05. The van der Waals surface area contributed by atoms with Crippen molar-refractivity contribution in [2.75, 3.05) is 6.26 Å². The molecule has 1 saturated carbocycles. The van der Waals surface area contributed by atoms with Crippen LogP contribution >= 0.6 is 11.8 Å². The van der Waals surface area contributed by atoms with Gasteiger partial charge in [0, 0.05) is 23.9 Å². The summed E-state index contributed by atoms with van der Waals surface area (Å²) >= 11 is 1.51. The Labute approximate surface area is 159 Å². The largest absolute Gasteiger partial charge is 0.353 e. The molecule has 1 amide bonds. The van der Waals surface area contributed by atoms with Crippen molar-refractivity contribution in [2.45, 2.75) is 71.0 Å². The summed E-state index contributed by atoms with van der Waals surface area (Å²) < 4.78 is 1.79. The number of hydrogen-bond acceptors (Lipinski definition) is 5. The second-order valence-electron chi connectivity index (χ2n) is 7.51. The zero-order valence-corrected chi connectivity index (χ0v) is 17.2. The molecule has 6 nitrogen and oxygen atoms in total. The summed E-state index contributed by atoms with van der Waals surface area (Å²) in [6.45, 7) is 8.56. The molecule has 0 aliphatic heterocycles. The average molecular weight is 376 g/mol. The number of nitrogens with one attached hydrogen (secondary N) is 1. The Balaban J connectivity index is 1.68. The van der Waals surface area contributed by atoms with E-state index in [4.69, 9.17) is 0 Å². The van der Waals surface area contributed by atoms with Gasteiger partial charge in [-0.15, -0.1) is 5.10 Å². The second kappa shape index (κ2) is 7.94. The highest BCUT2D eigenvalue weighted by Gasteiger charge is 2.28. The Morgan fingerprint density at radius 2 is 2.04 bits per heavy atom. The van der Waals surface area contributed by atoms with E-state index in [-0.39, 0.29) is 5.91 Å². The summed E-state index contributed by atoms with van der Waals surface area (Å²) in [4.78, 5) is 21.5. The van der Waals surface area contributed by atoms with Crippen molar-refractivity contribution in [2.24, 2.45) is 11.8 Å². The zero-order valence-electron chi connectivity index (χ0n) is 16.4. The van der Waals surface area contributed by atoms with Crippen molar-refractivity contribution in [1.82, 2.24) is 24.9 Å². The van der Waals surface area contributed by atoms with E-state index in [2.05, 4.69) is 34.2 Å². The number of amides is 1. The van der Waals surface area contributed by atoms with Gasteiger partial charge >= 0.3 is 0 Å². The van der Waals surface area contributed by atoms with Crippen LogP contribution in [0.15, 0.2) is 5.16 Å². The fraction of sp³-hybridized carbons (Fsp3) is 0.684. The van der Waals surface area contributed by atoms with E-state index in [0.29, 0.717) is 36.5 Å². The molecule has 3 rings (SSSR count). The zero-order chi connectivity index (χ0) is 18.8. The Bertz CT molecular complexity index is 803. The van der Waals surface area contributed by atoms with Crippen molar-refractivity contribution in [3.63, 3.8) is 0 Å². The maximum absolute atomic E-state index is 12.5. The van der Waals surface area contributed by atoms with Crippen molar-refractivity contribution in [3.05, 3.63) is 17.0 Å². The van der Waals surface area contributed by atoms with Gasteiger partial charge in [-0.2, -0.15) is 4.98 Å². The highest BCUT2D eigenvalue weighted by Crippen LogP contribution is 2.29. The molecule has 0 spiro atoms. The molecule has 7 heteroatoms. The molecule has 2 aromatic heterocycles. The molecule has 142 valence electrons. The van der Waals surface area contributed by atoms with Gasteiger partial charge in [-0.3, -0.25) is 4.79 Å². The van der Waals surface area contributed by atoms with Crippen LogP contribution < -0.4 is 5.32 Å². The van der Waals surface area contributed by atoms with Gasteiger partial charge in [0.1, 0.15) is 0 Å². The number of nitrogens with zero attached hydrogens (tertiary/aromatic N) is 4. The molecule has 1 N–H and O–H groups in total. The topological polar surface area (TPSA) is 72.2 Å². The monoisotopic (exact) mass is 375 g/mol. The Hall–Kier alpha value is -1.63. The molecule has 2 heterocycles. The first-order chi connectivity index (χ1) is 12.4. The van der Waals surface area contributed by atoms with E-state index < -0.39 is 0 Å². The lowest BCUT2D eigenvalue weighted by Gasteiger charge is -2.34. The maximum atomic E-state index is 12.5. The molecule has 1 fully saturated rings. The lowest BCUT2D eigenvalue weighted by atomic mass is 9.78. The van der Waals surface area contributed by atoms with E-state index in [1.54, 1.807) is 4.52 Å². The molecule has 2 aromatic rings. The van der Waals surface area contributed by atoms with E-state index in [1.165, 1.54) is 24.6 Å². The van der Waals surface area contributed by atoms with Gasteiger partial charge in [-0.05, 0) is 50.3 Å². The van der Waals surface area contributed by atoms with Gasteiger partial charge in [0.25, 0.3) is 5.78 Å². The second-order valence-corrected chi connectivity index (χ2v) is 8.29. The predicted octanol–water partition coefficient (Wildman–Crippen LogP) is 3.34. The van der Waals surface area contributed by atoms with Crippen LogP contribution in [0.3, 0.4) is 0 Å². The number of aromatic nitrogens is 4. The molecule has 3 atom stereocenters. The SMILES string of the molecule is CSc1nc2nc(C)c(CCC(=O)NC3CCCC(C)C3C)c(C)n2n1. The van der Waals surface area contributed by atoms with Gasteiger partial charge in [-0.25, -0.2) is 9.50 Å². The van der Waals surface area contributed by atoms with Gasteiger partial charge in [0.2, 0.25) is 11.1 Å². The number of carbonyl (C=O) groups excluding carboxylic acids is 1. The van der Waals surface area contributed by atoms with Crippen LogP contribution in [-0.2, 0) is 11.2 Å². The first-order valence-electron chi connectivity index (χ1n) is 9.47. The minimum Gasteiger partial charge on any atom is -0.353 e. The molecule has 0 aromatic carbocycles. The van der Waals surface area contributed by atoms with Gasteiger partial charge in [0.15, 0.2) is 0 Å². The molecule has 3 unspecified atom stereocenters. The van der Waals surface area contributed by atoms with E-state index in [9.17, 15) is 4.79 Å². The van der Waals surface area contributed by atoms with Crippen LogP contribution in [-0.4, -0.2) is 37.8 Å². The lowest BCUT2D eigenvalue weighted by Crippen LogP contribution is -2.43. The summed E-state index contributed by atoms with van der Waals surface area (Å²) in [6, 6.07) is 0.313. The lowest BCUT2D eigenvalue weighted by molar-refractivity contribution is -0.122. The third kappa shape index (κ3) is 3.87. The first-order valence-corrected chi connectivity index (χ1v) is 10.7. The molecule has 0 radical (unpaired) electrons. The fourth-order valence-corrected chi connectivity index (χ4v) is 4.28. The Kier molecular flexibility index (Phi) is 5.85. The summed E-state index contributed by atoms with van der Waals surface area (Å²) in [5.74, 6) is 2.00. The van der Waals surface area contributed by atoms with Crippen LogP contribution in [0.2, 0.25) is 0 Å². The number of rotatable bonds is 5. The third-order valence-electron chi connectivity index (χ3n) is 5.87. The van der Waals surface area contributed by atoms with Crippen LogP contribution in [0.4, 0.5) is 0 Å². The van der Waals surface area contributed by atoms with Crippen molar-refractivity contribution in [1.29, 1.82) is 0 Å². The molecular weight excluding hydrogens is 346 g/mol. The number of thioether (sulfide) groups is 1. The van der Waals surface area contributed by atoms with Gasteiger partial charge < -0.3 is 5.32 Å². The predicted molar refractivity (Wildman–Crippen MR) is 104 cm³/mol. The first kappa shape index (κ1) is 19.1. The summed E-state index contributed by atoms with van der Waals surface area (Å²) in [7, 11) is 0. The van der Waals surface area contributed by atoms with Gasteiger partial charge in [-0.1, -0.05) is 38.5 Å². The highest BCUT2D eigenvalue weighted by atomic mass is 32.2. The number of carbonyl (C=O) groups is 1. The van der Waals surface area contributed by atoms with E-state index in [0.717, 1.165) is 28.5 Å². The minimum absolute atomic E-state index is 0.137. The number of hydrogen-bond donors (Lipinski definition) is 1. The molecular formula is C19H29N5OS. The molecule has 1 aliphatic carbocycles. The summed E-state index contributed by atoms with van der Waals surface area (Å²) in [5, 5.41) is 8.46. The molecule has 26 heavy (non-hydrogen) atoms. The maximum Gasteiger partial charge on any atom is 0.253 e. The van der Waals surface area contributed by atoms with Crippen molar-refractivity contribution < 1.29 is 4.79 Å².